The Bertz CT molecular complexity index is 1190. The van der Waals surface area contributed by atoms with Crippen LogP contribution in [0.4, 0.5) is 9.18 Å². The summed E-state index contributed by atoms with van der Waals surface area (Å²) >= 11 is 0. The lowest BCUT2D eigenvalue weighted by Crippen LogP contribution is -2.76. The van der Waals surface area contributed by atoms with Gasteiger partial charge in [-0.1, -0.05) is 24.3 Å². The van der Waals surface area contributed by atoms with Crippen LogP contribution in [0, 0.1) is 5.82 Å². The van der Waals surface area contributed by atoms with Crippen LogP contribution in [0.2, 0.25) is 0 Å². The lowest BCUT2D eigenvalue weighted by molar-refractivity contribution is -0.188. The molecule has 2 aromatic carbocycles. The molecule has 4 amide bonds. The van der Waals surface area contributed by atoms with E-state index < -0.39 is 42.4 Å². The van der Waals surface area contributed by atoms with Crippen molar-refractivity contribution in [1.82, 2.24) is 25.1 Å². The fourth-order valence-corrected chi connectivity index (χ4v) is 4.79. The number of benzene rings is 2. The van der Waals surface area contributed by atoms with Gasteiger partial charge in [0.1, 0.15) is 23.8 Å². The number of carbonyl (C=O) groups excluding carboxylic acids is 3. The molecular formula is C26H30FN5O6. The Kier molecular flexibility index (Phi) is 8.10. The number of carbonyl (C=O) groups is 4. The number of methoxy groups -OCH3 is 1. The standard InChI is InChI=1S/C26H30FN5O6/c1-29-16-23(33)31-21(13-24(34)35)25(36)30(12-11-17-3-7-19(27)8-4-17)15-22(31)32(29)26(37)28-14-18-5-9-20(38-2)10-6-18/h3-10,21-22H,11-16H2,1-2H3,(H,28,37)(H,34,35)/t21-,22-/m0/s1. The Morgan fingerprint density at radius 3 is 2.37 bits per heavy atom. The highest BCUT2D eigenvalue weighted by Crippen LogP contribution is 2.27. The second kappa shape index (κ2) is 11.5. The number of nitrogens with zero attached hydrogens (tertiary/aromatic N) is 4. The van der Waals surface area contributed by atoms with Gasteiger partial charge >= 0.3 is 12.0 Å². The van der Waals surface area contributed by atoms with Gasteiger partial charge in [-0.25, -0.2) is 19.2 Å². The summed E-state index contributed by atoms with van der Waals surface area (Å²) in [5.41, 5.74) is 1.62. The van der Waals surface area contributed by atoms with Crippen LogP contribution < -0.4 is 10.1 Å². The SMILES string of the molecule is COc1ccc(CNC(=O)N2[C@H]3CN(CCc4ccc(F)cc4)C(=O)[C@H](CC(=O)O)N3C(=O)CN2C)cc1. The smallest absolute Gasteiger partial charge is 0.334 e. The summed E-state index contributed by atoms with van der Waals surface area (Å²) < 4.78 is 18.4. The molecule has 38 heavy (non-hydrogen) atoms. The predicted octanol–water partition coefficient (Wildman–Crippen LogP) is 1.29. The summed E-state index contributed by atoms with van der Waals surface area (Å²) in [7, 11) is 3.15. The van der Waals surface area contributed by atoms with Crippen molar-refractivity contribution < 1.29 is 33.4 Å². The van der Waals surface area contributed by atoms with Crippen molar-refractivity contribution in [2.75, 3.05) is 33.8 Å². The third-order valence-corrected chi connectivity index (χ3v) is 6.70. The van der Waals surface area contributed by atoms with Gasteiger partial charge in [-0.2, -0.15) is 0 Å². The quantitative estimate of drug-likeness (QED) is 0.531. The molecule has 11 nitrogen and oxygen atoms in total. The number of rotatable bonds is 8. The van der Waals surface area contributed by atoms with Crippen LogP contribution in [-0.4, -0.2) is 94.7 Å². The van der Waals surface area contributed by atoms with Crippen LogP contribution >= 0.6 is 0 Å². The molecule has 2 fully saturated rings. The minimum Gasteiger partial charge on any atom is -0.497 e. The summed E-state index contributed by atoms with van der Waals surface area (Å²) in [4.78, 5) is 54.0. The molecule has 2 saturated heterocycles. The van der Waals surface area contributed by atoms with E-state index in [1.807, 2.05) is 12.1 Å². The van der Waals surface area contributed by atoms with E-state index in [2.05, 4.69) is 5.32 Å². The number of hydrazine groups is 1. The molecule has 0 aliphatic carbocycles. The number of piperazine rings is 1. The van der Waals surface area contributed by atoms with E-state index in [1.54, 1.807) is 38.4 Å². The van der Waals surface area contributed by atoms with Gasteiger partial charge in [-0.15, -0.1) is 0 Å². The minimum atomic E-state index is -1.25. The molecule has 0 bridgehead atoms. The van der Waals surface area contributed by atoms with E-state index in [4.69, 9.17) is 4.74 Å². The normalized spacial score (nSPS) is 19.8. The summed E-state index contributed by atoms with van der Waals surface area (Å²) in [6.07, 6.45) is -1.09. The van der Waals surface area contributed by atoms with Gasteiger partial charge in [-0.3, -0.25) is 14.4 Å². The van der Waals surface area contributed by atoms with Crippen LogP contribution in [0.3, 0.4) is 0 Å². The molecule has 12 heteroatoms. The second-order valence-corrected chi connectivity index (χ2v) is 9.22. The Labute approximate surface area is 219 Å². The fourth-order valence-electron chi connectivity index (χ4n) is 4.79. The average molecular weight is 528 g/mol. The van der Waals surface area contributed by atoms with Gasteiger partial charge < -0.3 is 25.0 Å². The van der Waals surface area contributed by atoms with Crippen molar-refractivity contribution in [2.24, 2.45) is 0 Å². The zero-order valence-electron chi connectivity index (χ0n) is 21.2. The number of carboxylic acid groups (broad SMARTS) is 1. The van der Waals surface area contributed by atoms with Crippen LogP contribution in [0.1, 0.15) is 17.5 Å². The molecular weight excluding hydrogens is 497 g/mol. The summed E-state index contributed by atoms with van der Waals surface area (Å²) in [5, 5.41) is 15.2. The molecule has 2 aliphatic heterocycles. The first-order valence-corrected chi connectivity index (χ1v) is 12.1. The highest BCUT2D eigenvalue weighted by atomic mass is 19.1. The Morgan fingerprint density at radius 2 is 1.74 bits per heavy atom. The topological polar surface area (TPSA) is 123 Å². The van der Waals surface area contributed by atoms with Crippen molar-refractivity contribution in [2.45, 2.75) is 31.6 Å². The lowest BCUT2D eigenvalue weighted by Gasteiger charge is -2.54. The molecule has 0 saturated carbocycles. The van der Waals surface area contributed by atoms with Gasteiger partial charge in [0.15, 0.2) is 0 Å². The van der Waals surface area contributed by atoms with Crippen molar-refractivity contribution in [1.29, 1.82) is 0 Å². The molecule has 0 aromatic heterocycles. The van der Waals surface area contributed by atoms with Crippen molar-refractivity contribution in [3.8, 4) is 5.75 Å². The van der Waals surface area contributed by atoms with Crippen molar-refractivity contribution >= 4 is 23.8 Å². The molecule has 2 N–H and O–H groups in total. The molecule has 2 aromatic rings. The molecule has 4 rings (SSSR count). The third kappa shape index (κ3) is 5.86. The number of carboxylic acids is 1. The van der Waals surface area contributed by atoms with Crippen molar-refractivity contribution in [3.63, 3.8) is 0 Å². The number of halogens is 1. The Morgan fingerprint density at radius 1 is 1.08 bits per heavy atom. The van der Waals surface area contributed by atoms with Crippen molar-refractivity contribution in [3.05, 3.63) is 65.5 Å². The van der Waals surface area contributed by atoms with Gasteiger partial charge in [0.2, 0.25) is 11.8 Å². The number of nitrogens with one attached hydrogen (secondary N) is 1. The largest absolute Gasteiger partial charge is 0.497 e. The summed E-state index contributed by atoms with van der Waals surface area (Å²) in [6.45, 7) is 0.233. The molecule has 2 heterocycles. The Balaban J connectivity index is 1.55. The molecule has 0 spiro atoms. The molecule has 202 valence electrons. The fraction of sp³-hybridized carbons (Fsp3) is 0.385. The zero-order chi connectivity index (χ0) is 27.4. The van der Waals surface area contributed by atoms with Crippen LogP contribution in [0.15, 0.2) is 48.5 Å². The number of hydrogen-bond acceptors (Lipinski definition) is 6. The number of amides is 4. The number of likely N-dealkylation sites (N-methyl/N-ethyl adjacent to an activating group) is 1. The van der Waals surface area contributed by atoms with E-state index in [9.17, 15) is 28.7 Å². The third-order valence-electron chi connectivity index (χ3n) is 6.70. The maximum atomic E-state index is 13.4. The van der Waals surface area contributed by atoms with Gasteiger partial charge in [-0.05, 0) is 41.8 Å². The zero-order valence-corrected chi connectivity index (χ0v) is 21.2. The van der Waals surface area contributed by atoms with Crippen LogP contribution in [0.25, 0.3) is 0 Å². The number of fused-ring (bicyclic) bond motifs is 1. The average Bonchev–Trinajstić information content (AvgIpc) is 2.89. The molecule has 0 unspecified atom stereocenters. The van der Waals surface area contributed by atoms with E-state index in [1.165, 1.54) is 32.0 Å². The molecule has 0 radical (unpaired) electrons. The predicted molar refractivity (Wildman–Crippen MR) is 133 cm³/mol. The Hall–Kier alpha value is -4.19. The number of aliphatic carboxylic acids is 1. The highest BCUT2D eigenvalue weighted by molar-refractivity contribution is 5.93. The van der Waals surface area contributed by atoms with E-state index >= 15 is 0 Å². The number of urea groups is 1. The monoisotopic (exact) mass is 527 g/mol. The van der Waals surface area contributed by atoms with E-state index in [0.717, 1.165) is 11.1 Å². The summed E-state index contributed by atoms with van der Waals surface area (Å²) in [5.74, 6) is -1.86. The van der Waals surface area contributed by atoms with Crippen LogP contribution in [-0.2, 0) is 27.3 Å². The summed E-state index contributed by atoms with van der Waals surface area (Å²) in [6, 6.07) is 11.3. The number of hydrogen-bond donors (Lipinski definition) is 2. The maximum absolute atomic E-state index is 13.4. The van der Waals surface area contributed by atoms with E-state index in [0.29, 0.717) is 12.2 Å². The highest BCUT2D eigenvalue weighted by Gasteiger charge is 2.51. The first-order valence-electron chi connectivity index (χ1n) is 12.1. The molecule has 2 aliphatic rings. The van der Waals surface area contributed by atoms with Gasteiger partial charge in [0.05, 0.1) is 26.6 Å². The second-order valence-electron chi connectivity index (χ2n) is 9.22. The number of ether oxygens (including phenoxy) is 1. The molecule has 2 atom stereocenters. The van der Waals surface area contributed by atoms with Gasteiger partial charge in [0.25, 0.3) is 0 Å². The van der Waals surface area contributed by atoms with Gasteiger partial charge in [0, 0.05) is 20.1 Å². The maximum Gasteiger partial charge on any atom is 0.334 e. The lowest BCUT2D eigenvalue weighted by atomic mass is 10.0. The van der Waals surface area contributed by atoms with Crippen LogP contribution in [0.5, 0.6) is 5.75 Å². The minimum absolute atomic E-state index is 0.00217. The first-order chi connectivity index (χ1) is 18.2. The van der Waals surface area contributed by atoms with E-state index in [-0.39, 0.29) is 32.0 Å². The first kappa shape index (κ1) is 26.9.